The van der Waals surface area contributed by atoms with Crippen LogP contribution in [0, 0.1) is 34.9 Å². The molecule has 0 N–H and O–H groups in total. The Bertz CT molecular complexity index is 4830. The van der Waals surface area contributed by atoms with Crippen LogP contribution in [0.4, 0.5) is 43.4 Å². The predicted molar refractivity (Wildman–Crippen MR) is 360 cm³/mol. The van der Waals surface area contributed by atoms with E-state index < -0.39 is 45.7 Å². The molecule has 2 unspecified atom stereocenters. The van der Waals surface area contributed by atoms with Gasteiger partial charge >= 0.3 is 0 Å². The summed E-state index contributed by atoms with van der Waals surface area (Å²) in [5, 5.41) is 0. The van der Waals surface area contributed by atoms with Crippen LogP contribution >= 0.6 is 0 Å². The van der Waals surface area contributed by atoms with Crippen molar-refractivity contribution in [3.8, 4) is 67.5 Å². The second-order valence-electron chi connectivity index (χ2n) is 23.2. The first-order chi connectivity index (χ1) is 45.4. The molecule has 2 atom stereocenters. The summed E-state index contributed by atoms with van der Waals surface area (Å²) in [6.45, 7) is 7.72. The van der Waals surface area contributed by atoms with Crippen LogP contribution in [0.15, 0.2) is 298 Å². The van der Waals surface area contributed by atoms with E-state index >= 15 is 26.3 Å². The van der Waals surface area contributed by atoms with E-state index in [0.29, 0.717) is 108 Å². The van der Waals surface area contributed by atoms with Gasteiger partial charge in [-0.15, -0.1) is 0 Å². The molecule has 0 fully saturated rings. The van der Waals surface area contributed by atoms with Gasteiger partial charge in [-0.1, -0.05) is 195 Å². The Hall–Kier alpha value is -11.7. The van der Waals surface area contributed by atoms with E-state index in [9.17, 15) is 0 Å². The Kier molecular flexibility index (Phi) is 14.5. The molecular formula is C84H53F6NO2. The van der Waals surface area contributed by atoms with Gasteiger partial charge in [-0.3, -0.25) is 0 Å². The van der Waals surface area contributed by atoms with Crippen LogP contribution in [0.5, 0.6) is 23.0 Å². The molecule has 0 saturated carbocycles. The lowest BCUT2D eigenvalue weighted by molar-refractivity contribution is 0.473. The maximum absolute atomic E-state index is 17.5. The highest BCUT2D eigenvalue weighted by molar-refractivity contribution is 5.93. The Labute approximate surface area is 534 Å². The number of halogens is 6. The maximum Gasteiger partial charge on any atom is 0.163 e. The molecule has 0 bridgehead atoms. The lowest BCUT2D eigenvalue weighted by atomic mass is 9.67. The molecule has 2 aliphatic rings. The topological polar surface area (TPSA) is 21.7 Å². The van der Waals surface area contributed by atoms with Crippen molar-refractivity contribution in [2.75, 3.05) is 4.90 Å². The molecule has 3 nitrogen and oxygen atoms in total. The number of nitrogens with zero attached hydrogens (tertiary/aromatic N) is 1. The minimum Gasteiger partial charge on any atom is -0.457 e. The molecule has 0 aromatic heterocycles. The van der Waals surface area contributed by atoms with Crippen LogP contribution in [-0.4, -0.2) is 0 Å². The number of fused-ring (bicyclic) bond motifs is 6. The maximum atomic E-state index is 17.5. The zero-order chi connectivity index (χ0) is 63.5. The molecule has 0 saturated heterocycles. The minimum absolute atomic E-state index is 0.254. The second-order valence-corrected chi connectivity index (χ2v) is 23.2. The number of ether oxygens (including phenoxy) is 2. The monoisotopic (exact) mass is 1220 g/mol. The van der Waals surface area contributed by atoms with Crippen molar-refractivity contribution >= 4 is 29.2 Å². The highest BCUT2D eigenvalue weighted by Gasteiger charge is 2.51. The van der Waals surface area contributed by atoms with E-state index in [1.165, 1.54) is 0 Å². The largest absolute Gasteiger partial charge is 0.457 e. The third kappa shape index (κ3) is 9.79. The second kappa shape index (κ2) is 23.3. The van der Waals surface area contributed by atoms with Crippen molar-refractivity contribution in [1.29, 1.82) is 0 Å². The van der Waals surface area contributed by atoms with Gasteiger partial charge in [-0.05, 0) is 192 Å². The van der Waals surface area contributed by atoms with Crippen LogP contribution in [0.3, 0.4) is 0 Å². The molecule has 9 heteroatoms. The Morgan fingerprint density at radius 2 is 0.656 bits per heavy atom. The number of benzene rings is 13. The Morgan fingerprint density at radius 3 is 1.11 bits per heavy atom. The summed E-state index contributed by atoms with van der Waals surface area (Å²) in [7, 11) is 0. The minimum atomic E-state index is -1.71. The van der Waals surface area contributed by atoms with Gasteiger partial charge in [0, 0.05) is 40.3 Å². The van der Waals surface area contributed by atoms with Gasteiger partial charge < -0.3 is 14.4 Å². The van der Waals surface area contributed by atoms with Gasteiger partial charge in [0.05, 0.1) is 10.8 Å². The average molecular weight is 1220 g/mol. The fourth-order valence-corrected chi connectivity index (χ4v) is 13.9. The summed E-state index contributed by atoms with van der Waals surface area (Å²) in [4.78, 5) is 2.03. The molecule has 15 rings (SSSR count). The quantitative estimate of drug-likeness (QED) is 0.0754. The Balaban J connectivity index is 0.972. The van der Waals surface area contributed by atoms with Gasteiger partial charge in [0.25, 0.3) is 0 Å². The summed E-state index contributed by atoms with van der Waals surface area (Å²) < 4.78 is 112. The lowest BCUT2D eigenvalue weighted by Gasteiger charge is -2.36. The number of hydrogen-bond acceptors (Lipinski definition) is 3. The molecule has 13 aromatic rings. The summed E-state index contributed by atoms with van der Waals surface area (Å²) >= 11 is 0. The van der Waals surface area contributed by atoms with Crippen molar-refractivity contribution < 1.29 is 35.8 Å². The standard InChI is InChI=1S/C84H53F6NO2/c1-3-52-24-34-65(35-25-52)92-67-38-28-58(29-39-67)83(77-46-60(85)48-79(87)81(77)89)73-22-10-8-20-69(73)71-42-32-63(50-75(71)83)91(62-19-13-18-57(45-62)56-17-12-16-55(44-56)54-14-6-5-7-15-54)64-33-43-72-70-21-9-11-23-74(70)84(76(72)51-64,78-47-61(86)49-80(88)82(78)90)59-30-40-68(41-31-59)93-66-36-26-53(4-2)27-37-66/h3-51H,1-2H2. The fraction of sp³-hybridized carbons (Fsp3) is 0.0238. The van der Waals surface area contributed by atoms with Crippen LogP contribution in [0.25, 0.3) is 56.7 Å². The Morgan fingerprint density at radius 1 is 0.290 bits per heavy atom. The molecule has 448 valence electrons. The van der Waals surface area contributed by atoms with Gasteiger partial charge in [0.1, 0.15) is 34.6 Å². The van der Waals surface area contributed by atoms with E-state index in [4.69, 9.17) is 9.47 Å². The van der Waals surface area contributed by atoms with Crippen molar-refractivity contribution in [1.82, 2.24) is 0 Å². The van der Waals surface area contributed by atoms with Crippen molar-refractivity contribution in [2.45, 2.75) is 10.8 Å². The van der Waals surface area contributed by atoms with Crippen LogP contribution in [0.1, 0.15) is 55.6 Å². The van der Waals surface area contributed by atoms with Crippen LogP contribution < -0.4 is 14.4 Å². The highest BCUT2D eigenvalue weighted by atomic mass is 19.2. The van der Waals surface area contributed by atoms with Gasteiger partial charge in [-0.2, -0.15) is 0 Å². The number of hydrogen-bond donors (Lipinski definition) is 0. The third-order valence-corrected chi connectivity index (χ3v) is 18.1. The zero-order valence-corrected chi connectivity index (χ0v) is 49.7. The molecule has 93 heavy (non-hydrogen) atoms. The van der Waals surface area contributed by atoms with Crippen molar-refractivity contribution in [3.05, 3.63) is 389 Å². The molecule has 2 aliphatic carbocycles. The molecule has 0 aliphatic heterocycles. The third-order valence-electron chi connectivity index (χ3n) is 18.1. The smallest absolute Gasteiger partial charge is 0.163 e. The van der Waals surface area contributed by atoms with Gasteiger partial charge in [-0.25, -0.2) is 26.3 Å². The molecule has 0 amide bonds. The molecule has 0 heterocycles. The predicted octanol–water partition coefficient (Wildman–Crippen LogP) is 22.9. The molecular weight excluding hydrogens is 1170 g/mol. The van der Waals surface area contributed by atoms with Crippen LogP contribution in [0.2, 0.25) is 0 Å². The summed E-state index contributed by atoms with van der Waals surface area (Å²) in [5.41, 5.74) is 9.37. The zero-order valence-electron chi connectivity index (χ0n) is 49.7. The van der Waals surface area contributed by atoms with Gasteiger partial charge in [0.15, 0.2) is 23.3 Å². The summed E-state index contributed by atoms with van der Waals surface area (Å²) in [6.07, 6.45) is 3.47. The fourth-order valence-electron chi connectivity index (χ4n) is 13.9. The van der Waals surface area contributed by atoms with E-state index in [1.807, 2.05) is 187 Å². The average Bonchev–Trinajstić information content (AvgIpc) is 1.56. The summed E-state index contributed by atoms with van der Waals surface area (Å²) in [5.74, 6) is -5.08. The molecule has 13 aromatic carbocycles. The SMILES string of the molecule is C=Cc1ccc(Oc2ccc(C3(c4cc(F)cc(F)c4F)c4ccccc4-c4ccc(N(c5cccc(-c6cccc(-c7ccccc7)c6)c5)c5ccc6c(c5)C(c5ccc(Oc7ccc(C=C)cc7)cc5)(c5cc(F)cc(F)c5F)c5ccccc5-6)cc43)cc2)cc1. The van der Waals surface area contributed by atoms with E-state index in [-0.39, 0.29) is 11.1 Å². The normalized spacial score (nSPS) is 14.9. The van der Waals surface area contributed by atoms with Crippen LogP contribution in [-0.2, 0) is 10.8 Å². The van der Waals surface area contributed by atoms with E-state index in [0.717, 1.165) is 45.5 Å². The van der Waals surface area contributed by atoms with E-state index in [1.54, 1.807) is 60.7 Å². The first-order valence-corrected chi connectivity index (χ1v) is 30.3. The molecule has 0 radical (unpaired) electrons. The number of anilines is 3. The highest BCUT2D eigenvalue weighted by Crippen LogP contribution is 2.61. The van der Waals surface area contributed by atoms with Crippen molar-refractivity contribution in [3.63, 3.8) is 0 Å². The first-order valence-electron chi connectivity index (χ1n) is 30.3. The van der Waals surface area contributed by atoms with Crippen molar-refractivity contribution in [2.24, 2.45) is 0 Å². The molecule has 0 spiro atoms. The first kappa shape index (κ1) is 57.7. The van der Waals surface area contributed by atoms with Gasteiger partial charge in [0.2, 0.25) is 0 Å². The number of rotatable bonds is 15. The summed E-state index contributed by atoms with van der Waals surface area (Å²) in [6, 6.07) is 85.2. The lowest BCUT2D eigenvalue weighted by Crippen LogP contribution is -2.31. The van der Waals surface area contributed by atoms with E-state index in [2.05, 4.69) is 43.5 Å².